The summed E-state index contributed by atoms with van der Waals surface area (Å²) < 4.78 is 13.4. The van der Waals surface area contributed by atoms with Gasteiger partial charge in [0.05, 0.1) is 22.6 Å². The molecule has 21 heavy (non-hydrogen) atoms. The Balaban J connectivity index is 2.68. The molecule has 2 rings (SSSR count). The van der Waals surface area contributed by atoms with Crippen molar-refractivity contribution in [1.29, 1.82) is 0 Å². The van der Waals surface area contributed by atoms with E-state index in [1.807, 2.05) is 6.07 Å². The average Bonchev–Trinajstić information content (AvgIpc) is 2.80. The third-order valence-corrected chi connectivity index (χ3v) is 4.78. The highest BCUT2D eigenvalue weighted by molar-refractivity contribution is 9.11. The summed E-state index contributed by atoms with van der Waals surface area (Å²) in [5.41, 5.74) is 2.09. The van der Waals surface area contributed by atoms with E-state index in [2.05, 4.69) is 64.9 Å². The fourth-order valence-electron chi connectivity index (χ4n) is 2.43. The van der Waals surface area contributed by atoms with Crippen molar-refractivity contribution in [2.24, 2.45) is 0 Å². The number of hydrogen-bond donors (Lipinski definition) is 1. The molecule has 5 heteroatoms. The Morgan fingerprint density at radius 2 is 1.90 bits per heavy atom. The number of methoxy groups -OCH3 is 1. The predicted octanol–water partition coefficient (Wildman–Crippen LogP) is 5.59. The van der Waals surface area contributed by atoms with Gasteiger partial charge in [-0.05, 0) is 43.8 Å². The van der Waals surface area contributed by atoms with Crippen LogP contribution in [0.25, 0.3) is 11.0 Å². The Labute approximate surface area is 142 Å². The topological polar surface area (TPSA) is 34.4 Å². The molecule has 0 saturated heterocycles. The van der Waals surface area contributed by atoms with Gasteiger partial charge in [-0.25, -0.2) is 0 Å². The Kier molecular flexibility index (Phi) is 5.38. The van der Waals surface area contributed by atoms with Crippen LogP contribution in [-0.2, 0) is 6.54 Å². The van der Waals surface area contributed by atoms with Crippen molar-refractivity contribution in [2.75, 3.05) is 7.11 Å². The van der Waals surface area contributed by atoms with Gasteiger partial charge in [0.15, 0.2) is 0 Å². The predicted molar refractivity (Wildman–Crippen MR) is 94.2 cm³/mol. The fourth-order valence-corrected chi connectivity index (χ4v) is 3.59. The van der Waals surface area contributed by atoms with Crippen molar-refractivity contribution in [3.8, 4) is 5.75 Å². The summed E-state index contributed by atoms with van der Waals surface area (Å²) in [7, 11) is 1.68. The average molecular weight is 419 g/mol. The van der Waals surface area contributed by atoms with Crippen molar-refractivity contribution in [3.05, 3.63) is 26.3 Å². The Morgan fingerprint density at radius 3 is 2.43 bits per heavy atom. The standard InChI is InChI=1S/C16H21Br2NO2/c1-8(2)13-12(7-19-9(3)4)21-16-10(17)6-11(20-5)15(18)14(13)16/h6,8-9,19H,7H2,1-5H3. The van der Waals surface area contributed by atoms with Gasteiger partial charge in [-0.15, -0.1) is 0 Å². The molecule has 3 nitrogen and oxygen atoms in total. The second-order valence-electron chi connectivity index (χ2n) is 5.71. The molecule has 0 aliphatic carbocycles. The molecule has 0 fully saturated rings. The number of ether oxygens (including phenoxy) is 1. The van der Waals surface area contributed by atoms with Crippen LogP contribution in [0.1, 0.15) is 44.9 Å². The summed E-state index contributed by atoms with van der Waals surface area (Å²) >= 11 is 7.25. The van der Waals surface area contributed by atoms with Crippen LogP contribution in [0.4, 0.5) is 0 Å². The first-order valence-corrected chi connectivity index (χ1v) is 8.66. The van der Waals surface area contributed by atoms with E-state index in [0.29, 0.717) is 12.0 Å². The van der Waals surface area contributed by atoms with Gasteiger partial charge in [-0.2, -0.15) is 0 Å². The maximum absolute atomic E-state index is 6.13. The molecule has 0 spiro atoms. The minimum Gasteiger partial charge on any atom is -0.496 e. The van der Waals surface area contributed by atoms with Gasteiger partial charge in [0.1, 0.15) is 17.1 Å². The molecule has 0 amide bonds. The molecule has 0 aliphatic rings. The molecule has 0 radical (unpaired) electrons. The lowest BCUT2D eigenvalue weighted by Crippen LogP contribution is -2.22. The van der Waals surface area contributed by atoms with Crippen LogP contribution in [0.3, 0.4) is 0 Å². The molecule has 1 aromatic carbocycles. The van der Waals surface area contributed by atoms with Crippen LogP contribution in [0.15, 0.2) is 19.4 Å². The van der Waals surface area contributed by atoms with E-state index in [1.54, 1.807) is 7.11 Å². The minimum absolute atomic E-state index is 0.366. The van der Waals surface area contributed by atoms with Crippen LogP contribution in [0.2, 0.25) is 0 Å². The zero-order valence-corrected chi connectivity index (χ0v) is 16.2. The van der Waals surface area contributed by atoms with E-state index < -0.39 is 0 Å². The number of fused-ring (bicyclic) bond motifs is 1. The van der Waals surface area contributed by atoms with Gasteiger partial charge in [-0.1, -0.05) is 27.7 Å². The third-order valence-electron chi connectivity index (χ3n) is 3.40. The largest absolute Gasteiger partial charge is 0.496 e. The SMILES string of the molecule is COc1cc(Br)c2oc(CNC(C)C)c(C(C)C)c2c1Br. The van der Waals surface area contributed by atoms with E-state index >= 15 is 0 Å². The maximum atomic E-state index is 6.13. The molecule has 2 aromatic rings. The van der Waals surface area contributed by atoms with Gasteiger partial charge in [-0.3, -0.25) is 0 Å². The zero-order chi connectivity index (χ0) is 15.7. The molecule has 0 aliphatic heterocycles. The summed E-state index contributed by atoms with van der Waals surface area (Å²) in [6.07, 6.45) is 0. The van der Waals surface area contributed by atoms with E-state index in [4.69, 9.17) is 9.15 Å². The number of rotatable bonds is 5. The highest BCUT2D eigenvalue weighted by atomic mass is 79.9. The van der Waals surface area contributed by atoms with Crippen LogP contribution in [-0.4, -0.2) is 13.2 Å². The molecule has 1 N–H and O–H groups in total. The van der Waals surface area contributed by atoms with Crippen LogP contribution >= 0.6 is 31.9 Å². The van der Waals surface area contributed by atoms with E-state index in [1.165, 1.54) is 5.56 Å². The smallest absolute Gasteiger partial charge is 0.150 e. The summed E-state index contributed by atoms with van der Waals surface area (Å²) in [4.78, 5) is 0. The van der Waals surface area contributed by atoms with Crippen LogP contribution in [0, 0.1) is 0 Å². The van der Waals surface area contributed by atoms with Gasteiger partial charge in [0, 0.05) is 17.0 Å². The molecule has 116 valence electrons. The Hall–Kier alpha value is -0.520. The lowest BCUT2D eigenvalue weighted by molar-refractivity contribution is 0.412. The molecule has 1 aromatic heterocycles. The first-order chi connectivity index (χ1) is 9.86. The first kappa shape index (κ1) is 16.8. The summed E-state index contributed by atoms with van der Waals surface area (Å²) in [5, 5.41) is 4.52. The molecule has 0 atom stereocenters. The van der Waals surface area contributed by atoms with Crippen molar-refractivity contribution >= 4 is 42.8 Å². The minimum atomic E-state index is 0.366. The van der Waals surface area contributed by atoms with Crippen molar-refractivity contribution in [2.45, 2.75) is 46.2 Å². The molecule has 1 heterocycles. The number of hydrogen-bond acceptors (Lipinski definition) is 3. The quantitative estimate of drug-likeness (QED) is 0.687. The third kappa shape index (κ3) is 3.30. The van der Waals surface area contributed by atoms with Crippen molar-refractivity contribution in [1.82, 2.24) is 5.32 Å². The van der Waals surface area contributed by atoms with Gasteiger partial charge in [0.25, 0.3) is 0 Å². The summed E-state index contributed by atoms with van der Waals surface area (Å²) in [6.45, 7) is 9.35. The molecule has 0 bridgehead atoms. The van der Waals surface area contributed by atoms with Crippen LogP contribution in [0.5, 0.6) is 5.75 Å². The summed E-state index contributed by atoms with van der Waals surface area (Å²) in [5.74, 6) is 2.16. The van der Waals surface area contributed by atoms with Gasteiger partial charge in [0.2, 0.25) is 0 Å². The number of halogens is 2. The van der Waals surface area contributed by atoms with E-state index in [0.717, 1.165) is 38.0 Å². The highest BCUT2D eigenvalue weighted by Gasteiger charge is 2.23. The second-order valence-corrected chi connectivity index (χ2v) is 7.36. The monoisotopic (exact) mass is 417 g/mol. The first-order valence-electron chi connectivity index (χ1n) is 7.07. The lowest BCUT2D eigenvalue weighted by atomic mass is 9.99. The van der Waals surface area contributed by atoms with Crippen LogP contribution < -0.4 is 10.1 Å². The highest BCUT2D eigenvalue weighted by Crippen LogP contribution is 2.44. The molecule has 0 saturated carbocycles. The van der Waals surface area contributed by atoms with Crippen molar-refractivity contribution < 1.29 is 9.15 Å². The fraction of sp³-hybridized carbons (Fsp3) is 0.500. The lowest BCUT2D eigenvalue weighted by Gasteiger charge is -2.11. The number of benzene rings is 1. The molecular formula is C16H21Br2NO2. The second kappa shape index (κ2) is 6.71. The molecular weight excluding hydrogens is 398 g/mol. The van der Waals surface area contributed by atoms with Gasteiger partial charge < -0.3 is 14.5 Å². The van der Waals surface area contributed by atoms with Crippen molar-refractivity contribution in [3.63, 3.8) is 0 Å². The maximum Gasteiger partial charge on any atom is 0.150 e. The van der Waals surface area contributed by atoms with Gasteiger partial charge >= 0.3 is 0 Å². The Bertz CT molecular complexity index is 647. The number of nitrogens with one attached hydrogen (secondary N) is 1. The Morgan fingerprint density at radius 1 is 1.24 bits per heavy atom. The normalized spacial score (nSPS) is 11.9. The van der Waals surface area contributed by atoms with E-state index in [9.17, 15) is 0 Å². The number of furan rings is 1. The van der Waals surface area contributed by atoms with E-state index in [-0.39, 0.29) is 0 Å². The molecule has 0 unspecified atom stereocenters. The zero-order valence-electron chi connectivity index (χ0n) is 13.0. The summed E-state index contributed by atoms with van der Waals surface area (Å²) in [6, 6.07) is 2.35.